The third kappa shape index (κ3) is 2.98. The predicted molar refractivity (Wildman–Crippen MR) is 84.9 cm³/mol. The molecule has 0 radical (unpaired) electrons. The third-order valence-electron chi connectivity index (χ3n) is 5.10. The summed E-state index contributed by atoms with van der Waals surface area (Å²) in [4.78, 5) is 17.3. The maximum Gasteiger partial charge on any atom is 0.226 e. The first-order valence-electron chi connectivity index (χ1n) is 8.26. The molecule has 2 aliphatic rings. The number of nitrogens with zero attached hydrogens (tertiary/aromatic N) is 2. The number of hydrogen-bond acceptors (Lipinski definition) is 2. The van der Waals surface area contributed by atoms with Gasteiger partial charge in [0.1, 0.15) is 0 Å². The maximum absolute atomic E-state index is 12.7. The summed E-state index contributed by atoms with van der Waals surface area (Å²) in [6.45, 7) is 7.55. The number of benzene rings is 1. The quantitative estimate of drug-likeness (QED) is 0.852. The molecule has 2 aliphatic heterocycles. The summed E-state index contributed by atoms with van der Waals surface area (Å²) in [5.74, 6) is 0.630. The van der Waals surface area contributed by atoms with Gasteiger partial charge in [-0.1, -0.05) is 30.3 Å². The van der Waals surface area contributed by atoms with Crippen LogP contribution in [0.2, 0.25) is 0 Å². The molecule has 21 heavy (non-hydrogen) atoms. The van der Waals surface area contributed by atoms with Gasteiger partial charge in [0.15, 0.2) is 0 Å². The number of rotatable bonds is 3. The number of amides is 1. The zero-order valence-electron chi connectivity index (χ0n) is 13.2. The number of hydrogen-bond donors (Lipinski definition) is 0. The Hall–Kier alpha value is -1.35. The highest BCUT2D eigenvalue weighted by atomic mass is 16.2. The number of carbonyl (C=O) groups is 1. The molecular weight excluding hydrogens is 260 g/mol. The molecule has 2 saturated heterocycles. The fourth-order valence-corrected chi connectivity index (χ4v) is 3.57. The van der Waals surface area contributed by atoms with Gasteiger partial charge in [0.05, 0.1) is 6.04 Å². The molecular formula is C18H26N2O. The van der Waals surface area contributed by atoms with E-state index in [0.29, 0.717) is 18.0 Å². The average molecular weight is 286 g/mol. The Morgan fingerprint density at radius 1 is 1.05 bits per heavy atom. The molecule has 0 aromatic heterocycles. The standard InChI is InChI=1S/C18H26N2O/c1-14(2)19-11-8-16(9-12-19)18(21)20-13-10-17(20)15-6-4-3-5-7-15/h3-7,14,16-17H,8-13H2,1-2H3/t17-/m0/s1. The largest absolute Gasteiger partial charge is 0.335 e. The first kappa shape index (κ1) is 14.6. The molecule has 1 amide bonds. The molecule has 3 nitrogen and oxygen atoms in total. The first-order valence-corrected chi connectivity index (χ1v) is 8.26. The molecule has 0 saturated carbocycles. The molecule has 2 fully saturated rings. The van der Waals surface area contributed by atoms with Gasteiger partial charge in [0.25, 0.3) is 0 Å². The van der Waals surface area contributed by atoms with E-state index in [-0.39, 0.29) is 5.92 Å². The van der Waals surface area contributed by atoms with Gasteiger partial charge in [-0.3, -0.25) is 4.79 Å². The van der Waals surface area contributed by atoms with Crippen molar-refractivity contribution in [3.63, 3.8) is 0 Å². The highest BCUT2D eigenvalue weighted by Gasteiger charge is 2.37. The molecule has 1 atom stereocenters. The minimum atomic E-state index is 0.242. The molecule has 0 aliphatic carbocycles. The Bertz CT molecular complexity index is 477. The maximum atomic E-state index is 12.7. The van der Waals surface area contributed by atoms with Gasteiger partial charge in [0.2, 0.25) is 5.91 Å². The second kappa shape index (κ2) is 6.18. The van der Waals surface area contributed by atoms with Crippen LogP contribution in [0.5, 0.6) is 0 Å². The van der Waals surface area contributed by atoms with Crippen LogP contribution in [-0.2, 0) is 4.79 Å². The first-order chi connectivity index (χ1) is 10.2. The lowest BCUT2D eigenvalue weighted by molar-refractivity contribution is -0.145. The van der Waals surface area contributed by atoms with Crippen molar-refractivity contribution in [1.29, 1.82) is 0 Å². The van der Waals surface area contributed by atoms with Crippen LogP contribution in [0.25, 0.3) is 0 Å². The summed E-state index contributed by atoms with van der Waals surface area (Å²) in [6.07, 6.45) is 3.16. The van der Waals surface area contributed by atoms with Crippen molar-refractivity contribution in [3.05, 3.63) is 35.9 Å². The third-order valence-corrected chi connectivity index (χ3v) is 5.10. The summed E-state index contributed by atoms with van der Waals surface area (Å²) in [6, 6.07) is 11.4. The normalized spacial score (nSPS) is 24.1. The molecule has 0 N–H and O–H groups in total. The van der Waals surface area contributed by atoms with Crippen molar-refractivity contribution in [2.45, 2.75) is 45.2 Å². The van der Waals surface area contributed by atoms with Gasteiger partial charge in [0, 0.05) is 18.5 Å². The van der Waals surface area contributed by atoms with E-state index >= 15 is 0 Å². The van der Waals surface area contributed by atoms with Crippen molar-refractivity contribution in [3.8, 4) is 0 Å². The molecule has 3 heteroatoms. The smallest absolute Gasteiger partial charge is 0.226 e. The van der Waals surface area contributed by atoms with Crippen LogP contribution in [0, 0.1) is 5.92 Å². The van der Waals surface area contributed by atoms with Crippen LogP contribution in [0.3, 0.4) is 0 Å². The van der Waals surface area contributed by atoms with Crippen LogP contribution < -0.4 is 0 Å². The van der Waals surface area contributed by atoms with E-state index in [4.69, 9.17) is 0 Å². The average Bonchev–Trinajstić information content (AvgIpc) is 2.47. The molecule has 1 aromatic carbocycles. The van der Waals surface area contributed by atoms with Crippen molar-refractivity contribution in [1.82, 2.24) is 9.80 Å². The van der Waals surface area contributed by atoms with Crippen LogP contribution in [0.1, 0.15) is 44.7 Å². The van der Waals surface area contributed by atoms with E-state index in [0.717, 1.165) is 38.9 Å². The van der Waals surface area contributed by atoms with Gasteiger partial charge in [-0.25, -0.2) is 0 Å². The molecule has 0 unspecified atom stereocenters. The second-order valence-electron chi connectivity index (χ2n) is 6.65. The lowest BCUT2D eigenvalue weighted by Crippen LogP contribution is -2.50. The van der Waals surface area contributed by atoms with Gasteiger partial charge < -0.3 is 9.80 Å². The highest BCUT2D eigenvalue weighted by Crippen LogP contribution is 2.35. The zero-order valence-corrected chi connectivity index (χ0v) is 13.2. The molecule has 1 aromatic rings. The monoisotopic (exact) mass is 286 g/mol. The second-order valence-corrected chi connectivity index (χ2v) is 6.65. The summed E-state index contributed by atoms with van der Waals surface area (Å²) >= 11 is 0. The van der Waals surface area contributed by atoms with Gasteiger partial charge in [-0.05, 0) is 51.8 Å². The van der Waals surface area contributed by atoms with E-state index < -0.39 is 0 Å². The molecule has 2 heterocycles. The van der Waals surface area contributed by atoms with Gasteiger partial charge >= 0.3 is 0 Å². The van der Waals surface area contributed by atoms with Gasteiger partial charge in [-0.15, -0.1) is 0 Å². The number of carbonyl (C=O) groups excluding carboxylic acids is 1. The predicted octanol–water partition coefficient (Wildman–Crippen LogP) is 3.08. The van der Waals surface area contributed by atoms with E-state index in [2.05, 4.69) is 47.9 Å². The van der Waals surface area contributed by atoms with E-state index in [1.165, 1.54) is 5.56 Å². The van der Waals surface area contributed by atoms with Crippen LogP contribution in [-0.4, -0.2) is 41.4 Å². The fraction of sp³-hybridized carbons (Fsp3) is 0.611. The van der Waals surface area contributed by atoms with Crippen molar-refractivity contribution >= 4 is 5.91 Å². The van der Waals surface area contributed by atoms with E-state index in [1.54, 1.807) is 0 Å². The lowest BCUT2D eigenvalue weighted by Gasteiger charge is -2.44. The SMILES string of the molecule is CC(C)N1CCC(C(=O)N2CC[C@H]2c2ccccc2)CC1. The van der Waals surface area contributed by atoms with Crippen LogP contribution in [0.15, 0.2) is 30.3 Å². The number of likely N-dealkylation sites (tertiary alicyclic amines) is 2. The van der Waals surface area contributed by atoms with Gasteiger partial charge in [-0.2, -0.15) is 0 Å². The Morgan fingerprint density at radius 2 is 1.71 bits per heavy atom. The van der Waals surface area contributed by atoms with Crippen molar-refractivity contribution in [2.24, 2.45) is 5.92 Å². The summed E-state index contributed by atoms with van der Waals surface area (Å²) in [5.41, 5.74) is 1.29. The molecule has 0 bridgehead atoms. The lowest BCUT2D eigenvalue weighted by atomic mass is 9.89. The van der Waals surface area contributed by atoms with Crippen molar-refractivity contribution < 1.29 is 4.79 Å². The summed E-state index contributed by atoms with van der Waals surface area (Å²) in [5, 5.41) is 0. The minimum absolute atomic E-state index is 0.242. The van der Waals surface area contributed by atoms with Crippen molar-refractivity contribution in [2.75, 3.05) is 19.6 Å². The Balaban J connectivity index is 1.59. The highest BCUT2D eigenvalue weighted by molar-refractivity contribution is 5.80. The summed E-state index contributed by atoms with van der Waals surface area (Å²) in [7, 11) is 0. The Labute approximate surface area is 127 Å². The molecule has 0 spiro atoms. The zero-order chi connectivity index (χ0) is 14.8. The summed E-state index contributed by atoms with van der Waals surface area (Å²) < 4.78 is 0. The fourth-order valence-electron chi connectivity index (χ4n) is 3.57. The Kier molecular flexibility index (Phi) is 4.29. The molecule has 114 valence electrons. The minimum Gasteiger partial charge on any atom is -0.335 e. The Morgan fingerprint density at radius 3 is 2.24 bits per heavy atom. The van der Waals surface area contributed by atoms with E-state index in [1.807, 2.05) is 6.07 Å². The van der Waals surface area contributed by atoms with Crippen LogP contribution >= 0.6 is 0 Å². The van der Waals surface area contributed by atoms with Crippen LogP contribution in [0.4, 0.5) is 0 Å². The molecule has 3 rings (SSSR count). The van der Waals surface area contributed by atoms with E-state index in [9.17, 15) is 4.79 Å². The topological polar surface area (TPSA) is 23.6 Å². The number of piperidine rings is 1.